The summed E-state index contributed by atoms with van der Waals surface area (Å²) < 4.78 is 44.0. The smallest absolute Gasteiger partial charge is 0.362 e. The molecule has 0 bridgehead atoms. The molecule has 33 heavy (non-hydrogen) atoms. The monoisotopic (exact) mass is 500 g/mol. The molecule has 2 rings (SSSR count). The Hall–Kier alpha value is -1.02. The molecule has 0 aliphatic carbocycles. The van der Waals surface area contributed by atoms with Gasteiger partial charge in [0.2, 0.25) is 0 Å². The van der Waals surface area contributed by atoms with Crippen molar-refractivity contribution in [1.82, 2.24) is 0 Å². The normalized spacial score (nSPS) is 22.2. The van der Waals surface area contributed by atoms with Crippen molar-refractivity contribution < 1.29 is 32.3 Å². The SMILES string of the molecule is CC(C)OP(=O)(OC(C)C)[C@@H]1O[C@H](COC(=O)c2ccccc2)C[C@H]1O[Si](C)(C)C(C)(C)C. The summed E-state index contributed by atoms with van der Waals surface area (Å²) in [5, 5.41) is -0.0444. The Labute approximate surface area is 200 Å². The minimum Gasteiger partial charge on any atom is -0.459 e. The number of benzene rings is 1. The van der Waals surface area contributed by atoms with Crippen LogP contribution in [0.2, 0.25) is 18.1 Å². The molecule has 1 aliphatic heterocycles. The number of rotatable bonds is 10. The molecule has 1 aromatic rings. The van der Waals surface area contributed by atoms with E-state index in [1.165, 1.54) is 0 Å². The summed E-state index contributed by atoms with van der Waals surface area (Å²) in [4.78, 5) is 12.4. The molecule has 0 aromatic heterocycles. The average Bonchev–Trinajstić information content (AvgIpc) is 3.07. The molecule has 0 unspecified atom stereocenters. The van der Waals surface area contributed by atoms with Gasteiger partial charge in [0.1, 0.15) is 6.61 Å². The molecule has 1 aliphatic rings. The minimum atomic E-state index is -3.68. The van der Waals surface area contributed by atoms with Gasteiger partial charge in [0.15, 0.2) is 14.2 Å². The van der Waals surface area contributed by atoms with Crippen molar-refractivity contribution in [2.45, 2.75) is 103 Å². The molecule has 0 amide bonds. The van der Waals surface area contributed by atoms with E-state index in [0.29, 0.717) is 12.0 Å². The number of hydrogen-bond acceptors (Lipinski definition) is 7. The predicted octanol–water partition coefficient (Wildman–Crippen LogP) is 6.39. The van der Waals surface area contributed by atoms with E-state index < -0.39 is 39.9 Å². The molecular weight excluding hydrogens is 459 g/mol. The highest BCUT2D eigenvalue weighted by Gasteiger charge is 2.53. The second kappa shape index (κ2) is 11.1. The fourth-order valence-corrected chi connectivity index (χ4v) is 7.14. The molecule has 0 spiro atoms. The van der Waals surface area contributed by atoms with Gasteiger partial charge in [-0.25, -0.2) is 4.79 Å². The van der Waals surface area contributed by atoms with Crippen molar-refractivity contribution >= 4 is 21.9 Å². The molecule has 9 heteroatoms. The van der Waals surface area contributed by atoms with E-state index in [4.69, 9.17) is 22.9 Å². The van der Waals surface area contributed by atoms with E-state index in [0.717, 1.165) is 0 Å². The lowest BCUT2D eigenvalue weighted by molar-refractivity contribution is -0.00769. The highest BCUT2D eigenvalue weighted by Crippen LogP contribution is 2.60. The fourth-order valence-electron chi connectivity index (χ4n) is 3.32. The lowest BCUT2D eigenvalue weighted by Gasteiger charge is -2.40. The van der Waals surface area contributed by atoms with Gasteiger partial charge in [-0.3, -0.25) is 4.57 Å². The maximum Gasteiger partial charge on any atom is 0.362 e. The van der Waals surface area contributed by atoms with Crippen molar-refractivity contribution in [1.29, 1.82) is 0 Å². The highest BCUT2D eigenvalue weighted by molar-refractivity contribution is 7.54. The Kier molecular flexibility index (Phi) is 9.53. The van der Waals surface area contributed by atoms with Gasteiger partial charge in [-0.1, -0.05) is 39.0 Å². The van der Waals surface area contributed by atoms with Crippen LogP contribution in [0.25, 0.3) is 0 Å². The summed E-state index contributed by atoms with van der Waals surface area (Å²) in [6.07, 6.45) is -1.16. The Morgan fingerprint density at radius 1 is 1.09 bits per heavy atom. The van der Waals surface area contributed by atoms with Crippen LogP contribution in [0.4, 0.5) is 0 Å². The van der Waals surface area contributed by atoms with Gasteiger partial charge in [-0.15, -0.1) is 0 Å². The van der Waals surface area contributed by atoms with Crippen molar-refractivity contribution in [2.24, 2.45) is 0 Å². The number of carbonyl (C=O) groups is 1. The number of esters is 1. The molecule has 1 saturated heterocycles. The van der Waals surface area contributed by atoms with Crippen LogP contribution in [-0.2, 0) is 27.5 Å². The van der Waals surface area contributed by atoms with E-state index in [-0.39, 0.29) is 23.9 Å². The second-order valence-electron chi connectivity index (χ2n) is 10.6. The molecule has 1 fully saturated rings. The van der Waals surface area contributed by atoms with Crippen LogP contribution < -0.4 is 0 Å². The van der Waals surface area contributed by atoms with Gasteiger partial charge in [0.25, 0.3) is 0 Å². The summed E-state index contributed by atoms with van der Waals surface area (Å²) >= 11 is 0. The molecular formula is C24H41O7PSi. The van der Waals surface area contributed by atoms with Gasteiger partial charge in [0, 0.05) is 6.42 Å². The Balaban J connectivity index is 2.25. The zero-order chi connectivity index (χ0) is 25.0. The first-order chi connectivity index (χ1) is 15.1. The van der Waals surface area contributed by atoms with Crippen LogP contribution in [0.3, 0.4) is 0 Å². The van der Waals surface area contributed by atoms with Crippen LogP contribution in [0.1, 0.15) is 65.2 Å². The van der Waals surface area contributed by atoms with E-state index in [1.807, 2.05) is 33.8 Å². The quantitative estimate of drug-likeness (QED) is 0.209. The van der Waals surface area contributed by atoms with Crippen LogP contribution in [0.5, 0.6) is 0 Å². The third-order valence-corrected chi connectivity index (χ3v) is 12.8. The van der Waals surface area contributed by atoms with Crippen LogP contribution in [-0.4, -0.2) is 51.2 Å². The maximum atomic E-state index is 13.9. The van der Waals surface area contributed by atoms with Gasteiger partial charge < -0.3 is 22.9 Å². The highest BCUT2D eigenvalue weighted by atomic mass is 31.2. The summed E-state index contributed by atoms with van der Waals surface area (Å²) in [6, 6.07) is 8.80. The number of ether oxygens (including phenoxy) is 2. The summed E-state index contributed by atoms with van der Waals surface area (Å²) in [5.74, 6) is -1.32. The summed E-state index contributed by atoms with van der Waals surface area (Å²) in [6.45, 7) is 18.0. The van der Waals surface area contributed by atoms with Gasteiger partial charge in [0.05, 0.1) is 30.0 Å². The predicted molar refractivity (Wildman–Crippen MR) is 132 cm³/mol. The Morgan fingerprint density at radius 2 is 1.64 bits per heavy atom. The lowest BCUT2D eigenvalue weighted by atomic mass is 10.2. The molecule has 1 aromatic carbocycles. The van der Waals surface area contributed by atoms with Crippen LogP contribution in [0, 0.1) is 0 Å². The van der Waals surface area contributed by atoms with Crippen molar-refractivity contribution in [2.75, 3.05) is 6.61 Å². The molecule has 0 saturated carbocycles. The molecule has 0 radical (unpaired) electrons. The molecule has 3 atom stereocenters. The van der Waals surface area contributed by atoms with E-state index >= 15 is 0 Å². The average molecular weight is 501 g/mol. The molecule has 188 valence electrons. The zero-order valence-electron chi connectivity index (χ0n) is 21.5. The maximum absolute atomic E-state index is 13.9. The Bertz CT molecular complexity index is 806. The number of hydrogen-bond donors (Lipinski definition) is 0. The largest absolute Gasteiger partial charge is 0.459 e. The van der Waals surface area contributed by atoms with Gasteiger partial charge >= 0.3 is 13.6 Å². The first kappa shape index (κ1) is 28.2. The molecule has 0 N–H and O–H groups in total. The number of carbonyl (C=O) groups excluding carboxylic acids is 1. The van der Waals surface area contributed by atoms with Gasteiger partial charge in [-0.05, 0) is 58.0 Å². The third-order valence-electron chi connectivity index (χ3n) is 5.83. The van der Waals surface area contributed by atoms with E-state index in [1.54, 1.807) is 24.3 Å². The van der Waals surface area contributed by atoms with E-state index in [2.05, 4.69) is 33.9 Å². The first-order valence-electron chi connectivity index (χ1n) is 11.7. The fraction of sp³-hybridized carbons (Fsp3) is 0.708. The molecule has 7 nitrogen and oxygen atoms in total. The molecule has 1 heterocycles. The zero-order valence-corrected chi connectivity index (χ0v) is 23.4. The van der Waals surface area contributed by atoms with E-state index in [9.17, 15) is 9.36 Å². The minimum absolute atomic E-state index is 0.0327. The van der Waals surface area contributed by atoms with Gasteiger partial charge in [-0.2, -0.15) is 0 Å². The summed E-state index contributed by atoms with van der Waals surface area (Å²) in [7, 11) is -5.90. The topological polar surface area (TPSA) is 80.3 Å². The van der Waals surface area contributed by atoms with Crippen LogP contribution in [0.15, 0.2) is 30.3 Å². The standard InChI is InChI=1S/C24H41O7PSi/c1-17(2)29-32(26,30-18(3)4)23-21(31-33(8,9)24(5,6)7)15-20(28-23)16-27-22(25)19-13-11-10-12-14-19/h10-14,17-18,20-21,23H,15-16H2,1-9H3/t20-,21+,23-/m0/s1. The Morgan fingerprint density at radius 3 is 2.12 bits per heavy atom. The second-order valence-corrected chi connectivity index (χ2v) is 17.4. The van der Waals surface area contributed by atoms with Crippen molar-refractivity contribution in [3.8, 4) is 0 Å². The third kappa shape index (κ3) is 7.74. The van der Waals surface area contributed by atoms with Crippen LogP contribution >= 0.6 is 7.60 Å². The van der Waals surface area contributed by atoms with Crippen molar-refractivity contribution in [3.05, 3.63) is 35.9 Å². The summed E-state index contributed by atoms with van der Waals surface area (Å²) in [5.41, 5.74) is 0.470. The lowest BCUT2D eigenvalue weighted by Crippen LogP contribution is -2.46. The van der Waals surface area contributed by atoms with Crippen molar-refractivity contribution in [3.63, 3.8) is 0 Å². The first-order valence-corrected chi connectivity index (χ1v) is 16.2.